The molecule has 2 rings (SSSR count). The zero-order valence-corrected chi connectivity index (χ0v) is 11.2. The maximum atomic E-state index is 11.8. The van der Waals surface area contributed by atoms with Gasteiger partial charge >= 0.3 is 0 Å². The first-order chi connectivity index (χ1) is 7.94. The zero-order chi connectivity index (χ0) is 12.5. The lowest BCUT2D eigenvalue weighted by Crippen LogP contribution is -2.47. The van der Waals surface area contributed by atoms with Gasteiger partial charge in [-0.1, -0.05) is 33.1 Å². The second-order valence-corrected chi connectivity index (χ2v) is 6.66. The van der Waals surface area contributed by atoms with Gasteiger partial charge in [-0.05, 0) is 37.0 Å². The van der Waals surface area contributed by atoms with Crippen molar-refractivity contribution in [1.82, 2.24) is 5.32 Å². The molecule has 0 heterocycles. The van der Waals surface area contributed by atoms with Crippen LogP contribution in [0.25, 0.3) is 0 Å². The molecular weight excluding hydrogens is 212 g/mol. The Bertz CT molecular complexity index is 289. The molecule has 2 fully saturated rings. The molecule has 3 nitrogen and oxygen atoms in total. The smallest absolute Gasteiger partial charge is 0.240 e. The molecular formula is C14H26N2O. The van der Waals surface area contributed by atoms with Crippen molar-refractivity contribution in [2.24, 2.45) is 17.1 Å². The van der Waals surface area contributed by atoms with E-state index in [1.807, 2.05) is 0 Å². The van der Waals surface area contributed by atoms with Gasteiger partial charge in [0.1, 0.15) is 0 Å². The quantitative estimate of drug-likeness (QED) is 0.789. The molecule has 3 heteroatoms. The number of rotatable bonds is 4. The van der Waals surface area contributed by atoms with Crippen molar-refractivity contribution in [2.45, 2.75) is 64.3 Å². The number of nitrogens with one attached hydrogen (secondary N) is 1. The third kappa shape index (κ3) is 3.01. The number of hydrogen-bond acceptors (Lipinski definition) is 2. The summed E-state index contributed by atoms with van der Waals surface area (Å²) in [6, 6.07) is 0. The van der Waals surface area contributed by atoms with E-state index in [1.165, 1.54) is 32.1 Å². The van der Waals surface area contributed by atoms with Crippen LogP contribution in [0, 0.1) is 11.3 Å². The van der Waals surface area contributed by atoms with Crippen LogP contribution in [0.15, 0.2) is 0 Å². The van der Waals surface area contributed by atoms with Crippen molar-refractivity contribution < 1.29 is 4.79 Å². The van der Waals surface area contributed by atoms with Crippen LogP contribution in [-0.2, 0) is 4.79 Å². The zero-order valence-electron chi connectivity index (χ0n) is 11.2. The summed E-state index contributed by atoms with van der Waals surface area (Å²) in [5.41, 5.74) is 5.57. The predicted molar refractivity (Wildman–Crippen MR) is 69.5 cm³/mol. The maximum Gasteiger partial charge on any atom is 0.240 e. The Hall–Kier alpha value is -0.570. The van der Waals surface area contributed by atoms with E-state index in [4.69, 9.17) is 5.73 Å². The molecule has 3 N–H and O–H groups in total. The van der Waals surface area contributed by atoms with E-state index in [-0.39, 0.29) is 11.3 Å². The molecule has 0 aromatic rings. The van der Waals surface area contributed by atoms with E-state index < -0.39 is 5.54 Å². The summed E-state index contributed by atoms with van der Waals surface area (Å²) in [5.74, 6) is 0.811. The van der Waals surface area contributed by atoms with Gasteiger partial charge in [0.2, 0.25) is 5.91 Å². The van der Waals surface area contributed by atoms with Gasteiger partial charge in [-0.15, -0.1) is 0 Å². The van der Waals surface area contributed by atoms with E-state index in [0.29, 0.717) is 0 Å². The minimum absolute atomic E-state index is 0.0568. The first kappa shape index (κ1) is 12.9. The van der Waals surface area contributed by atoms with Crippen molar-refractivity contribution in [3.05, 3.63) is 0 Å². The second kappa shape index (κ2) is 4.60. The van der Waals surface area contributed by atoms with Crippen LogP contribution in [0.5, 0.6) is 0 Å². The number of carbonyl (C=O) groups excluding carboxylic acids is 1. The summed E-state index contributed by atoms with van der Waals surface area (Å²) in [6.45, 7) is 5.33. The van der Waals surface area contributed by atoms with E-state index in [0.717, 1.165) is 25.3 Å². The minimum Gasteiger partial charge on any atom is -0.354 e. The number of amides is 1. The summed E-state index contributed by atoms with van der Waals surface area (Å²) < 4.78 is 0. The second-order valence-electron chi connectivity index (χ2n) is 6.66. The molecule has 2 aliphatic carbocycles. The van der Waals surface area contributed by atoms with Crippen LogP contribution in [0.4, 0.5) is 0 Å². The lowest BCUT2D eigenvalue weighted by molar-refractivity contribution is -0.123. The average molecular weight is 238 g/mol. The van der Waals surface area contributed by atoms with Gasteiger partial charge in [0.25, 0.3) is 0 Å². The van der Waals surface area contributed by atoms with E-state index in [2.05, 4.69) is 19.2 Å². The lowest BCUT2D eigenvalue weighted by atomic mass is 9.71. The van der Waals surface area contributed by atoms with Crippen molar-refractivity contribution in [1.29, 1.82) is 0 Å². The van der Waals surface area contributed by atoms with Crippen molar-refractivity contribution in [3.8, 4) is 0 Å². The van der Waals surface area contributed by atoms with Crippen LogP contribution >= 0.6 is 0 Å². The Morgan fingerprint density at radius 3 is 2.41 bits per heavy atom. The number of carbonyl (C=O) groups is 1. The summed E-state index contributed by atoms with van der Waals surface area (Å²) in [7, 11) is 0. The molecule has 0 saturated heterocycles. The van der Waals surface area contributed by atoms with Crippen LogP contribution in [-0.4, -0.2) is 18.0 Å². The van der Waals surface area contributed by atoms with Gasteiger partial charge in [-0.2, -0.15) is 0 Å². The highest BCUT2D eigenvalue weighted by atomic mass is 16.2. The SMILES string of the molecule is CC(C)(CNC(=O)C1(N)CC1)C1CCCCC1. The van der Waals surface area contributed by atoms with E-state index >= 15 is 0 Å². The number of nitrogens with two attached hydrogens (primary N) is 1. The van der Waals surface area contributed by atoms with Crippen LogP contribution < -0.4 is 11.1 Å². The molecule has 0 bridgehead atoms. The lowest BCUT2D eigenvalue weighted by Gasteiger charge is -2.37. The number of hydrogen-bond donors (Lipinski definition) is 2. The van der Waals surface area contributed by atoms with Crippen molar-refractivity contribution >= 4 is 5.91 Å². The first-order valence-corrected chi connectivity index (χ1v) is 7.01. The Labute approximate surface area is 105 Å². The average Bonchev–Trinajstić information content (AvgIpc) is 3.07. The largest absolute Gasteiger partial charge is 0.354 e. The predicted octanol–water partition coefficient (Wildman–Crippen LogP) is 2.20. The van der Waals surface area contributed by atoms with Gasteiger partial charge in [0.15, 0.2) is 0 Å². The molecule has 0 aromatic heterocycles. The molecule has 0 unspecified atom stereocenters. The Kier molecular flexibility index (Phi) is 3.48. The van der Waals surface area contributed by atoms with E-state index in [9.17, 15) is 4.79 Å². The molecule has 98 valence electrons. The maximum absolute atomic E-state index is 11.8. The summed E-state index contributed by atoms with van der Waals surface area (Å²) >= 11 is 0. The molecule has 2 saturated carbocycles. The molecule has 0 aromatic carbocycles. The normalized spacial score (nSPS) is 24.4. The van der Waals surface area contributed by atoms with Crippen molar-refractivity contribution in [2.75, 3.05) is 6.54 Å². The highest BCUT2D eigenvalue weighted by Gasteiger charge is 2.46. The molecule has 17 heavy (non-hydrogen) atoms. The Balaban J connectivity index is 1.81. The molecule has 0 spiro atoms. The minimum atomic E-state index is -0.525. The van der Waals surface area contributed by atoms with Gasteiger partial charge in [-0.25, -0.2) is 0 Å². The standard InChI is InChI=1S/C14H26N2O/c1-13(2,11-6-4-3-5-7-11)10-16-12(17)14(15)8-9-14/h11H,3-10,15H2,1-2H3,(H,16,17). The third-order valence-corrected chi connectivity index (χ3v) is 4.66. The monoisotopic (exact) mass is 238 g/mol. The van der Waals surface area contributed by atoms with E-state index in [1.54, 1.807) is 0 Å². The fraction of sp³-hybridized carbons (Fsp3) is 0.929. The first-order valence-electron chi connectivity index (χ1n) is 7.01. The fourth-order valence-electron chi connectivity index (χ4n) is 2.87. The third-order valence-electron chi connectivity index (χ3n) is 4.66. The van der Waals surface area contributed by atoms with Gasteiger partial charge in [0.05, 0.1) is 5.54 Å². The highest BCUT2D eigenvalue weighted by Crippen LogP contribution is 2.38. The van der Waals surface area contributed by atoms with Gasteiger partial charge in [0, 0.05) is 6.54 Å². The summed E-state index contributed by atoms with van der Waals surface area (Å²) in [5, 5.41) is 3.06. The topological polar surface area (TPSA) is 55.1 Å². The molecule has 0 atom stereocenters. The van der Waals surface area contributed by atoms with Crippen LogP contribution in [0.1, 0.15) is 58.8 Å². The summed E-state index contributed by atoms with van der Waals surface area (Å²) in [4.78, 5) is 11.8. The van der Waals surface area contributed by atoms with Gasteiger partial charge in [-0.3, -0.25) is 4.79 Å². The van der Waals surface area contributed by atoms with Gasteiger partial charge < -0.3 is 11.1 Å². The van der Waals surface area contributed by atoms with Crippen LogP contribution in [0.3, 0.4) is 0 Å². The molecule has 0 radical (unpaired) electrons. The highest BCUT2D eigenvalue weighted by molar-refractivity contribution is 5.88. The van der Waals surface area contributed by atoms with Crippen molar-refractivity contribution in [3.63, 3.8) is 0 Å². The van der Waals surface area contributed by atoms with Crippen LogP contribution in [0.2, 0.25) is 0 Å². The Morgan fingerprint density at radius 2 is 1.88 bits per heavy atom. The molecule has 1 amide bonds. The Morgan fingerprint density at radius 1 is 1.29 bits per heavy atom. The molecule has 2 aliphatic rings. The fourth-order valence-corrected chi connectivity index (χ4v) is 2.87. The molecule has 0 aliphatic heterocycles. The summed E-state index contributed by atoms with van der Waals surface area (Å²) in [6.07, 6.45) is 8.41.